The van der Waals surface area contributed by atoms with Gasteiger partial charge in [-0.25, -0.2) is 0 Å². The number of aliphatic hydroxyl groups is 1. The number of hydrogen-bond acceptors (Lipinski definition) is 3. The topological polar surface area (TPSA) is 46.5 Å². The molecule has 0 aromatic rings. The van der Waals surface area contributed by atoms with Crippen LogP contribution >= 0.6 is 0 Å². The molecule has 3 unspecified atom stereocenters. The molecule has 1 fully saturated rings. The molecule has 1 aliphatic heterocycles. The van der Waals surface area contributed by atoms with Crippen molar-refractivity contribution >= 4 is 5.97 Å². The van der Waals surface area contributed by atoms with Gasteiger partial charge in [-0.1, -0.05) is 27.7 Å². The maximum atomic E-state index is 11.6. The third-order valence-corrected chi connectivity index (χ3v) is 3.70. The first-order chi connectivity index (χ1) is 6.48. The molecule has 0 radical (unpaired) electrons. The maximum Gasteiger partial charge on any atom is 0.309 e. The van der Waals surface area contributed by atoms with Crippen molar-refractivity contribution in [3.8, 4) is 0 Å². The number of carbonyl (C=O) groups is 1. The van der Waals surface area contributed by atoms with E-state index in [4.69, 9.17) is 4.74 Å². The molecule has 14 heavy (non-hydrogen) atoms. The number of rotatable bonds is 2. The van der Waals surface area contributed by atoms with Crippen molar-refractivity contribution < 1.29 is 14.6 Å². The van der Waals surface area contributed by atoms with Crippen LogP contribution in [-0.2, 0) is 9.53 Å². The quantitative estimate of drug-likeness (QED) is 0.690. The number of esters is 1. The number of aliphatic hydroxyl groups excluding tert-OH is 1. The lowest BCUT2D eigenvalue weighted by atomic mass is 9.76. The summed E-state index contributed by atoms with van der Waals surface area (Å²) in [6.07, 6.45) is 0.811. The van der Waals surface area contributed by atoms with E-state index in [9.17, 15) is 9.90 Å². The van der Waals surface area contributed by atoms with Crippen LogP contribution in [0.1, 0.15) is 40.5 Å². The Bertz CT molecular complexity index is 221. The van der Waals surface area contributed by atoms with Crippen LogP contribution < -0.4 is 0 Å². The Hall–Kier alpha value is -0.570. The largest absolute Gasteiger partial charge is 0.456 e. The zero-order valence-corrected chi connectivity index (χ0v) is 9.41. The molecule has 3 nitrogen and oxygen atoms in total. The molecule has 0 spiro atoms. The van der Waals surface area contributed by atoms with Crippen molar-refractivity contribution in [2.45, 2.75) is 52.2 Å². The summed E-state index contributed by atoms with van der Waals surface area (Å²) in [5.41, 5.74) is -0.650. The standard InChI is InChI=1S/C11H20O3/c1-5-11(6-2)9(12)7(3)8(4)10(13)14-11/h7-9,12H,5-6H2,1-4H3. The van der Waals surface area contributed by atoms with Gasteiger partial charge in [0.1, 0.15) is 5.60 Å². The SMILES string of the molecule is CCC1(CC)OC(=O)C(C)C(C)C1O. The molecule has 3 atom stereocenters. The van der Waals surface area contributed by atoms with E-state index >= 15 is 0 Å². The molecular formula is C11H20O3. The molecule has 3 heteroatoms. The van der Waals surface area contributed by atoms with Crippen LogP contribution in [0.2, 0.25) is 0 Å². The number of cyclic esters (lactones) is 1. The minimum Gasteiger partial charge on any atom is -0.456 e. The van der Waals surface area contributed by atoms with Crippen molar-refractivity contribution in [3.05, 3.63) is 0 Å². The number of ether oxygens (including phenoxy) is 1. The van der Waals surface area contributed by atoms with Gasteiger partial charge in [-0.2, -0.15) is 0 Å². The van der Waals surface area contributed by atoms with Gasteiger partial charge in [0, 0.05) is 0 Å². The molecule has 0 bridgehead atoms. The highest BCUT2D eigenvalue weighted by Crippen LogP contribution is 2.38. The summed E-state index contributed by atoms with van der Waals surface area (Å²) in [7, 11) is 0. The van der Waals surface area contributed by atoms with Crippen molar-refractivity contribution in [2.24, 2.45) is 11.8 Å². The molecule has 1 N–H and O–H groups in total. The second-order valence-electron chi connectivity index (χ2n) is 4.29. The third kappa shape index (κ3) is 1.54. The van der Waals surface area contributed by atoms with Crippen LogP contribution in [0, 0.1) is 11.8 Å². The van der Waals surface area contributed by atoms with Gasteiger partial charge in [0.15, 0.2) is 0 Å². The lowest BCUT2D eigenvalue weighted by molar-refractivity contribution is -0.207. The van der Waals surface area contributed by atoms with Gasteiger partial charge in [0.25, 0.3) is 0 Å². The van der Waals surface area contributed by atoms with Crippen LogP contribution in [0.5, 0.6) is 0 Å². The average molecular weight is 200 g/mol. The molecule has 1 saturated heterocycles. The minimum atomic E-state index is -0.650. The molecule has 0 saturated carbocycles. The van der Waals surface area contributed by atoms with Crippen molar-refractivity contribution in [3.63, 3.8) is 0 Å². The van der Waals surface area contributed by atoms with Gasteiger partial charge in [-0.15, -0.1) is 0 Å². The maximum absolute atomic E-state index is 11.6. The Morgan fingerprint density at radius 1 is 1.36 bits per heavy atom. The minimum absolute atomic E-state index is 0.0175. The Balaban J connectivity index is 2.94. The molecule has 1 heterocycles. The van der Waals surface area contributed by atoms with Gasteiger partial charge < -0.3 is 9.84 Å². The zero-order chi connectivity index (χ0) is 10.9. The van der Waals surface area contributed by atoms with Gasteiger partial charge in [0.2, 0.25) is 0 Å². The van der Waals surface area contributed by atoms with E-state index in [0.717, 1.165) is 0 Å². The Morgan fingerprint density at radius 2 is 1.86 bits per heavy atom. The summed E-state index contributed by atoms with van der Waals surface area (Å²) in [6, 6.07) is 0. The lowest BCUT2D eigenvalue weighted by Gasteiger charge is -2.45. The monoisotopic (exact) mass is 200 g/mol. The van der Waals surface area contributed by atoms with E-state index in [-0.39, 0.29) is 17.8 Å². The molecule has 0 aliphatic carbocycles. The molecule has 0 aromatic heterocycles. The first-order valence-corrected chi connectivity index (χ1v) is 5.39. The van der Waals surface area contributed by atoms with E-state index in [1.165, 1.54) is 0 Å². The first kappa shape index (κ1) is 11.5. The highest BCUT2D eigenvalue weighted by atomic mass is 16.6. The molecule has 1 rings (SSSR count). The summed E-state index contributed by atoms with van der Waals surface area (Å²) in [6.45, 7) is 7.62. The summed E-state index contributed by atoms with van der Waals surface area (Å²) in [5.74, 6) is -0.390. The second kappa shape index (κ2) is 3.89. The van der Waals surface area contributed by atoms with E-state index in [0.29, 0.717) is 12.8 Å². The van der Waals surface area contributed by atoms with Gasteiger partial charge >= 0.3 is 5.97 Å². The second-order valence-corrected chi connectivity index (χ2v) is 4.29. The van der Waals surface area contributed by atoms with E-state index in [2.05, 4.69) is 0 Å². The number of carbonyl (C=O) groups excluding carboxylic acids is 1. The fourth-order valence-corrected chi connectivity index (χ4v) is 2.13. The predicted octanol–water partition coefficient (Wildman–Crippen LogP) is 1.74. The summed E-state index contributed by atoms with van der Waals surface area (Å²) < 4.78 is 5.38. The molecule has 0 amide bonds. The Labute approximate surface area is 85.5 Å². The van der Waals surface area contributed by atoms with Crippen LogP contribution in [0.3, 0.4) is 0 Å². The van der Waals surface area contributed by atoms with Crippen LogP contribution in [-0.4, -0.2) is 22.8 Å². The summed E-state index contributed by atoms with van der Waals surface area (Å²) >= 11 is 0. The highest BCUT2D eigenvalue weighted by Gasteiger charge is 2.49. The third-order valence-electron chi connectivity index (χ3n) is 3.70. The Morgan fingerprint density at radius 3 is 2.29 bits per heavy atom. The van der Waals surface area contributed by atoms with Crippen LogP contribution in [0.4, 0.5) is 0 Å². The Kier molecular flexibility index (Phi) is 3.20. The van der Waals surface area contributed by atoms with Gasteiger partial charge in [-0.05, 0) is 18.8 Å². The normalized spacial score (nSPS) is 36.6. The molecule has 0 aromatic carbocycles. The van der Waals surface area contributed by atoms with E-state index in [1.54, 1.807) is 0 Å². The van der Waals surface area contributed by atoms with Crippen molar-refractivity contribution in [2.75, 3.05) is 0 Å². The fourth-order valence-electron chi connectivity index (χ4n) is 2.13. The van der Waals surface area contributed by atoms with E-state index < -0.39 is 11.7 Å². The van der Waals surface area contributed by atoms with Gasteiger partial charge in [0.05, 0.1) is 12.0 Å². The first-order valence-electron chi connectivity index (χ1n) is 5.39. The molecular weight excluding hydrogens is 180 g/mol. The lowest BCUT2D eigenvalue weighted by Crippen LogP contribution is -2.56. The zero-order valence-electron chi connectivity index (χ0n) is 9.41. The summed E-state index contributed by atoms with van der Waals surface area (Å²) in [4.78, 5) is 11.6. The average Bonchev–Trinajstić information content (AvgIpc) is 2.21. The smallest absolute Gasteiger partial charge is 0.309 e. The molecule has 82 valence electrons. The van der Waals surface area contributed by atoms with Gasteiger partial charge in [-0.3, -0.25) is 4.79 Å². The van der Waals surface area contributed by atoms with Crippen molar-refractivity contribution in [1.82, 2.24) is 0 Å². The van der Waals surface area contributed by atoms with Crippen LogP contribution in [0.15, 0.2) is 0 Å². The predicted molar refractivity (Wildman–Crippen MR) is 53.7 cm³/mol. The number of hydrogen-bond donors (Lipinski definition) is 1. The fraction of sp³-hybridized carbons (Fsp3) is 0.909. The van der Waals surface area contributed by atoms with Crippen molar-refractivity contribution in [1.29, 1.82) is 0 Å². The highest BCUT2D eigenvalue weighted by molar-refractivity contribution is 5.74. The summed E-state index contributed by atoms with van der Waals surface area (Å²) in [5, 5.41) is 10.1. The van der Waals surface area contributed by atoms with E-state index in [1.807, 2.05) is 27.7 Å². The van der Waals surface area contributed by atoms with Crippen LogP contribution in [0.25, 0.3) is 0 Å². The molecule has 1 aliphatic rings.